The minimum absolute atomic E-state index is 0.0465. The summed E-state index contributed by atoms with van der Waals surface area (Å²) in [6.07, 6.45) is 4.83. The standard InChI is InChI=1S/C21H30N6O3/c28-16-9-14-25(15-10-16)18-7-2-1-6-17(18)23-20(29)22-11-5-13-27-21(30)26-12-4-3-8-19(26)24-27/h1-2,6-7,16,28H,3-5,8-15H2,(H2,22,23,29). The smallest absolute Gasteiger partial charge is 0.345 e. The molecule has 0 spiro atoms. The molecule has 9 nitrogen and oxygen atoms in total. The molecule has 2 aromatic rings. The van der Waals surface area contributed by atoms with Gasteiger partial charge in [0.05, 0.1) is 17.5 Å². The second-order valence-corrected chi connectivity index (χ2v) is 8.00. The van der Waals surface area contributed by atoms with Crippen LogP contribution < -0.4 is 21.2 Å². The predicted octanol–water partition coefficient (Wildman–Crippen LogP) is 1.55. The number of aryl methyl sites for hydroxylation is 2. The predicted molar refractivity (Wildman–Crippen MR) is 115 cm³/mol. The Bertz CT molecular complexity index is 929. The first-order valence-electron chi connectivity index (χ1n) is 10.9. The van der Waals surface area contributed by atoms with Crippen LogP contribution in [0.1, 0.15) is 37.9 Å². The lowest BCUT2D eigenvalue weighted by Gasteiger charge is -2.32. The zero-order valence-electron chi connectivity index (χ0n) is 17.2. The van der Waals surface area contributed by atoms with Gasteiger partial charge in [0.25, 0.3) is 0 Å². The molecule has 30 heavy (non-hydrogen) atoms. The fourth-order valence-electron chi connectivity index (χ4n) is 4.15. The Balaban J connectivity index is 1.27. The number of carbonyl (C=O) groups is 1. The number of fused-ring (bicyclic) bond motifs is 1. The van der Waals surface area contributed by atoms with Gasteiger partial charge in [-0.05, 0) is 44.2 Å². The van der Waals surface area contributed by atoms with E-state index in [2.05, 4.69) is 20.6 Å². The Hall–Kier alpha value is -2.81. The van der Waals surface area contributed by atoms with Crippen LogP contribution in [-0.4, -0.2) is 51.2 Å². The van der Waals surface area contributed by atoms with E-state index in [1.165, 1.54) is 4.68 Å². The SMILES string of the molecule is O=C(NCCCn1nc2n(c1=O)CCCC2)Nc1ccccc1N1CCC(O)CC1. The normalized spacial score (nSPS) is 16.9. The van der Waals surface area contributed by atoms with Gasteiger partial charge in [-0.1, -0.05) is 12.1 Å². The molecule has 162 valence electrons. The highest BCUT2D eigenvalue weighted by Gasteiger charge is 2.20. The summed E-state index contributed by atoms with van der Waals surface area (Å²) < 4.78 is 3.28. The van der Waals surface area contributed by atoms with Crippen LogP contribution in [0.2, 0.25) is 0 Å². The van der Waals surface area contributed by atoms with Crippen molar-refractivity contribution in [2.24, 2.45) is 0 Å². The molecule has 0 radical (unpaired) electrons. The summed E-state index contributed by atoms with van der Waals surface area (Å²) in [7, 11) is 0. The fraction of sp³-hybridized carbons (Fsp3) is 0.571. The van der Waals surface area contributed by atoms with E-state index in [0.717, 1.165) is 68.9 Å². The fourth-order valence-corrected chi connectivity index (χ4v) is 4.15. The molecule has 2 amide bonds. The molecule has 1 fully saturated rings. The molecule has 1 aromatic carbocycles. The lowest BCUT2D eigenvalue weighted by Crippen LogP contribution is -2.37. The highest BCUT2D eigenvalue weighted by molar-refractivity contribution is 5.93. The van der Waals surface area contributed by atoms with E-state index >= 15 is 0 Å². The first-order chi connectivity index (χ1) is 14.6. The number of para-hydroxylation sites is 2. The number of aliphatic hydroxyl groups is 1. The Morgan fingerprint density at radius 1 is 1.17 bits per heavy atom. The lowest BCUT2D eigenvalue weighted by atomic mass is 10.1. The largest absolute Gasteiger partial charge is 0.393 e. The Morgan fingerprint density at radius 2 is 1.97 bits per heavy atom. The lowest BCUT2D eigenvalue weighted by molar-refractivity contribution is 0.145. The average Bonchev–Trinajstić information content (AvgIpc) is 3.08. The van der Waals surface area contributed by atoms with Gasteiger partial charge in [0.2, 0.25) is 0 Å². The first kappa shape index (κ1) is 20.5. The second kappa shape index (κ2) is 9.34. The molecule has 9 heteroatoms. The number of hydrogen-bond acceptors (Lipinski definition) is 5. The van der Waals surface area contributed by atoms with E-state index in [1.54, 1.807) is 4.57 Å². The zero-order valence-corrected chi connectivity index (χ0v) is 17.2. The number of rotatable bonds is 6. The molecule has 0 aliphatic carbocycles. The Labute approximate surface area is 175 Å². The molecule has 0 atom stereocenters. The third-order valence-electron chi connectivity index (χ3n) is 5.82. The van der Waals surface area contributed by atoms with E-state index in [0.29, 0.717) is 19.5 Å². The maximum atomic E-state index is 12.4. The van der Waals surface area contributed by atoms with Gasteiger partial charge in [0.15, 0.2) is 0 Å². The van der Waals surface area contributed by atoms with Crippen molar-refractivity contribution in [3.63, 3.8) is 0 Å². The van der Waals surface area contributed by atoms with Gasteiger partial charge in [-0.25, -0.2) is 14.3 Å². The van der Waals surface area contributed by atoms with Gasteiger partial charge in [-0.2, -0.15) is 5.10 Å². The molecule has 2 aliphatic heterocycles. The number of nitrogens with zero attached hydrogens (tertiary/aromatic N) is 4. The molecule has 3 heterocycles. The molecule has 1 aromatic heterocycles. The highest BCUT2D eigenvalue weighted by atomic mass is 16.3. The van der Waals surface area contributed by atoms with Crippen molar-refractivity contribution < 1.29 is 9.90 Å². The van der Waals surface area contributed by atoms with Crippen LogP contribution in [0, 0.1) is 0 Å². The van der Waals surface area contributed by atoms with Crippen LogP contribution in [-0.2, 0) is 19.5 Å². The Morgan fingerprint density at radius 3 is 2.77 bits per heavy atom. The zero-order chi connectivity index (χ0) is 20.9. The van der Waals surface area contributed by atoms with Gasteiger partial charge in [-0.15, -0.1) is 0 Å². The summed E-state index contributed by atoms with van der Waals surface area (Å²) in [4.78, 5) is 26.9. The molecule has 0 unspecified atom stereocenters. The topological polar surface area (TPSA) is 104 Å². The summed E-state index contributed by atoms with van der Waals surface area (Å²) in [6, 6.07) is 7.45. The quantitative estimate of drug-likeness (QED) is 0.622. The third kappa shape index (κ3) is 4.67. The van der Waals surface area contributed by atoms with Crippen molar-refractivity contribution in [2.45, 2.75) is 57.7 Å². The second-order valence-electron chi connectivity index (χ2n) is 8.00. The van der Waals surface area contributed by atoms with Crippen LogP contribution in [0.5, 0.6) is 0 Å². The molecular weight excluding hydrogens is 384 g/mol. The van der Waals surface area contributed by atoms with Crippen LogP contribution in [0.15, 0.2) is 29.1 Å². The van der Waals surface area contributed by atoms with Crippen molar-refractivity contribution in [2.75, 3.05) is 29.9 Å². The van der Waals surface area contributed by atoms with Gasteiger partial charge in [0.1, 0.15) is 5.82 Å². The first-order valence-corrected chi connectivity index (χ1v) is 10.9. The van der Waals surface area contributed by atoms with E-state index in [4.69, 9.17) is 0 Å². The summed E-state index contributed by atoms with van der Waals surface area (Å²) in [5.74, 6) is 0.874. The Kier molecular flexibility index (Phi) is 6.37. The number of hydrogen-bond donors (Lipinski definition) is 3. The minimum atomic E-state index is -0.268. The molecule has 3 N–H and O–H groups in total. The monoisotopic (exact) mass is 414 g/mol. The number of piperidine rings is 1. The molecular formula is C21H30N6O3. The van der Waals surface area contributed by atoms with Crippen molar-refractivity contribution in [1.82, 2.24) is 19.7 Å². The summed E-state index contributed by atoms with van der Waals surface area (Å²) in [6.45, 7) is 3.24. The number of aromatic nitrogens is 3. The number of amides is 2. The van der Waals surface area contributed by atoms with Crippen LogP contribution in [0.3, 0.4) is 0 Å². The van der Waals surface area contributed by atoms with E-state index < -0.39 is 0 Å². The van der Waals surface area contributed by atoms with Gasteiger partial charge in [-0.3, -0.25) is 4.57 Å². The number of anilines is 2. The molecule has 2 aliphatic rings. The van der Waals surface area contributed by atoms with Crippen LogP contribution in [0.4, 0.5) is 16.2 Å². The van der Waals surface area contributed by atoms with Crippen molar-refractivity contribution in [3.8, 4) is 0 Å². The van der Waals surface area contributed by atoms with Crippen molar-refractivity contribution >= 4 is 17.4 Å². The summed E-state index contributed by atoms with van der Waals surface area (Å²) in [5, 5.41) is 19.9. The number of benzene rings is 1. The number of urea groups is 1. The van der Waals surface area contributed by atoms with Crippen molar-refractivity contribution in [3.05, 3.63) is 40.6 Å². The van der Waals surface area contributed by atoms with Crippen molar-refractivity contribution in [1.29, 1.82) is 0 Å². The molecule has 0 bridgehead atoms. The van der Waals surface area contributed by atoms with Crippen LogP contribution >= 0.6 is 0 Å². The van der Waals surface area contributed by atoms with E-state index in [9.17, 15) is 14.7 Å². The van der Waals surface area contributed by atoms with Gasteiger partial charge < -0.3 is 20.6 Å². The number of nitrogens with one attached hydrogen (secondary N) is 2. The molecule has 4 rings (SSSR count). The maximum Gasteiger partial charge on any atom is 0.345 e. The minimum Gasteiger partial charge on any atom is -0.393 e. The number of carbonyl (C=O) groups excluding carboxylic acids is 1. The summed E-state index contributed by atoms with van der Waals surface area (Å²) in [5.41, 5.74) is 1.67. The van der Waals surface area contributed by atoms with E-state index in [-0.39, 0.29) is 17.8 Å². The average molecular weight is 415 g/mol. The molecule has 1 saturated heterocycles. The third-order valence-corrected chi connectivity index (χ3v) is 5.82. The van der Waals surface area contributed by atoms with E-state index in [1.807, 2.05) is 24.3 Å². The summed E-state index contributed by atoms with van der Waals surface area (Å²) >= 11 is 0. The highest BCUT2D eigenvalue weighted by Crippen LogP contribution is 2.28. The number of aliphatic hydroxyl groups excluding tert-OH is 1. The maximum absolute atomic E-state index is 12.4. The molecule has 0 saturated carbocycles. The van der Waals surface area contributed by atoms with Gasteiger partial charge in [0, 0.05) is 39.1 Å². The van der Waals surface area contributed by atoms with Crippen LogP contribution in [0.25, 0.3) is 0 Å². The van der Waals surface area contributed by atoms with Gasteiger partial charge >= 0.3 is 11.7 Å².